The van der Waals surface area contributed by atoms with E-state index in [2.05, 4.69) is 15.3 Å². The van der Waals surface area contributed by atoms with E-state index in [1.54, 1.807) is 18.3 Å². The minimum atomic E-state index is -4.62. The molecule has 138 valence electrons. The van der Waals surface area contributed by atoms with Gasteiger partial charge in [-0.25, -0.2) is 9.97 Å². The molecular weight excluding hydrogens is 361 g/mol. The highest BCUT2D eigenvalue weighted by atomic mass is 19.4. The monoisotopic (exact) mass is 374 g/mol. The van der Waals surface area contributed by atoms with Crippen LogP contribution in [0.25, 0.3) is 11.1 Å². The van der Waals surface area contributed by atoms with Crippen LogP contribution in [0, 0.1) is 0 Å². The van der Waals surface area contributed by atoms with Crippen LogP contribution in [0.2, 0.25) is 0 Å². The third-order valence-corrected chi connectivity index (χ3v) is 4.26. The fourth-order valence-electron chi connectivity index (χ4n) is 3.17. The minimum Gasteiger partial charge on any atom is -0.480 e. The number of ketones is 1. The van der Waals surface area contributed by atoms with Crippen molar-refractivity contribution in [2.24, 2.45) is 0 Å². The van der Waals surface area contributed by atoms with Crippen molar-refractivity contribution in [3.05, 3.63) is 54.1 Å². The molecule has 0 radical (unpaired) electrons. The Kier molecular flexibility index (Phi) is 3.87. The Morgan fingerprint density at radius 2 is 2.07 bits per heavy atom. The number of carbonyl (C=O) groups excluding carboxylic acids is 1. The molecule has 9 heteroatoms. The van der Waals surface area contributed by atoms with Crippen LogP contribution in [0.15, 0.2) is 43.0 Å². The highest BCUT2D eigenvalue weighted by Crippen LogP contribution is 2.41. The van der Waals surface area contributed by atoms with Gasteiger partial charge in [-0.2, -0.15) is 13.2 Å². The number of allylic oxidation sites excluding steroid dienone is 2. The van der Waals surface area contributed by atoms with Crippen LogP contribution in [-0.2, 0) is 11.2 Å². The Labute approximate surface area is 151 Å². The maximum atomic E-state index is 13.4. The van der Waals surface area contributed by atoms with Gasteiger partial charge in [-0.15, -0.1) is 0 Å². The Hall–Kier alpha value is -3.36. The molecule has 3 aromatic rings. The number of aromatic nitrogens is 3. The van der Waals surface area contributed by atoms with Gasteiger partial charge in [0.2, 0.25) is 5.88 Å². The molecule has 0 bridgehead atoms. The normalized spacial score (nSPS) is 14.1. The SMILES string of the molecule is COc1ncccc1Nc1nccn2cc3c(c12)CC(=O)C=C3C(F)(F)F. The lowest BCUT2D eigenvalue weighted by Crippen LogP contribution is -2.18. The van der Waals surface area contributed by atoms with E-state index in [0.717, 1.165) is 0 Å². The standard InChI is InChI=1S/C18H13F3N4O2/c1-27-17-14(3-2-4-23-17)24-16-15-11-7-10(26)8-13(18(19,20)21)12(11)9-25(15)6-5-22-16/h2-6,8-9H,7H2,1H3,(H,22,24). The van der Waals surface area contributed by atoms with Gasteiger partial charge in [0.05, 0.1) is 18.2 Å². The van der Waals surface area contributed by atoms with Gasteiger partial charge in [0.1, 0.15) is 5.69 Å². The maximum absolute atomic E-state index is 13.4. The number of hydrogen-bond donors (Lipinski definition) is 1. The molecule has 1 N–H and O–H groups in total. The molecule has 0 fully saturated rings. The predicted octanol–water partition coefficient (Wildman–Crippen LogP) is 3.55. The molecule has 1 aliphatic carbocycles. The Balaban J connectivity index is 1.89. The molecule has 0 saturated carbocycles. The molecule has 27 heavy (non-hydrogen) atoms. The number of nitrogens with zero attached hydrogens (tertiary/aromatic N) is 3. The lowest BCUT2D eigenvalue weighted by atomic mass is 9.92. The van der Waals surface area contributed by atoms with Crippen LogP contribution in [0.3, 0.4) is 0 Å². The van der Waals surface area contributed by atoms with E-state index in [0.29, 0.717) is 29.0 Å². The number of carbonyl (C=O) groups is 1. The second-order valence-corrected chi connectivity index (χ2v) is 5.94. The van der Waals surface area contributed by atoms with Crippen molar-refractivity contribution in [2.45, 2.75) is 12.6 Å². The smallest absolute Gasteiger partial charge is 0.417 e. The van der Waals surface area contributed by atoms with Crippen molar-refractivity contribution in [3.8, 4) is 5.88 Å². The maximum Gasteiger partial charge on any atom is 0.417 e. The average Bonchev–Trinajstić information content (AvgIpc) is 3.00. The summed E-state index contributed by atoms with van der Waals surface area (Å²) in [5, 5.41) is 3.04. The number of methoxy groups -OCH3 is 1. The molecule has 0 atom stereocenters. The van der Waals surface area contributed by atoms with E-state index in [-0.39, 0.29) is 17.5 Å². The van der Waals surface area contributed by atoms with Crippen LogP contribution in [0.1, 0.15) is 11.1 Å². The quantitative estimate of drug-likeness (QED) is 0.759. The van der Waals surface area contributed by atoms with Crippen molar-refractivity contribution < 1.29 is 22.7 Å². The fourth-order valence-corrected chi connectivity index (χ4v) is 3.17. The van der Waals surface area contributed by atoms with Gasteiger partial charge in [0, 0.05) is 36.8 Å². The van der Waals surface area contributed by atoms with Crippen LogP contribution >= 0.6 is 0 Å². The van der Waals surface area contributed by atoms with Gasteiger partial charge in [0.15, 0.2) is 11.6 Å². The minimum absolute atomic E-state index is 0.0173. The molecule has 6 nitrogen and oxygen atoms in total. The average molecular weight is 374 g/mol. The summed E-state index contributed by atoms with van der Waals surface area (Å²) in [6, 6.07) is 3.39. The first kappa shape index (κ1) is 17.1. The zero-order valence-electron chi connectivity index (χ0n) is 14.0. The van der Waals surface area contributed by atoms with Gasteiger partial charge in [-0.05, 0) is 23.8 Å². The van der Waals surface area contributed by atoms with Crippen LogP contribution in [-0.4, -0.2) is 33.4 Å². The molecule has 0 aliphatic heterocycles. The molecule has 3 heterocycles. The van der Waals surface area contributed by atoms with E-state index < -0.39 is 17.5 Å². The zero-order valence-corrected chi connectivity index (χ0v) is 14.0. The molecule has 0 aromatic carbocycles. The van der Waals surface area contributed by atoms with Crippen molar-refractivity contribution in [3.63, 3.8) is 0 Å². The van der Waals surface area contributed by atoms with Gasteiger partial charge in [0.25, 0.3) is 0 Å². The van der Waals surface area contributed by atoms with Gasteiger partial charge in [-0.3, -0.25) is 4.79 Å². The third-order valence-electron chi connectivity index (χ3n) is 4.26. The summed E-state index contributed by atoms with van der Waals surface area (Å²) < 4.78 is 46.9. The third kappa shape index (κ3) is 2.90. The van der Waals surface area contributed by atoms with Crippen LogP contribution < -0.4 is 10.1 Å². The number of alkyl halides is 3. The molecule has 0 saturated heterocycles. The van der Waals surface area contributed by atoms with E-state index in [1.165, 1.54) is 30.1 Å². The van der Waals surface area contributed by atoms with E-state index >= 15 is 0 Å². The molecule has 4 rings (SSSR count). The first-order valence-electron chi connectivity index (χ1n) is 7.95. The highest BCUT2D eigenvalue weighted by molar-refractivity contribution is 6.05. The number of nitrogens with one attached hydrogen (secondary N) is 1. The predicted molar refractivity (Wildman–Crippen MR) is 92.0 cm³/mol. The van der Waals surface area contributed by atoms with Gasteiger partial charge < -0.3 is 14.5 Å². The van der Waals surface area contributed by atoms with Crippen molar-refractivity contribution in [1.29, 1.82) is 0 Å². The zero-order chi connectivity index (χ0) is 19.2. The summed E-state index contributed by atoms with van der Waals surface area (Å²) in [6.07, 6.45) is 1.83. The van der Waals surface area contributed by atoms with Crippen LogP contribution in [0.5, 0.6) is 5.88 Å². The number of hydrogen-bond acceptors (Lipinski definition) is 5. The summed E-state index contributed by atoms with van der Waals surface area (Å²) >= 11 is 0. The second-order valence-electron chi connectivity index (χ2n) is 5.94. The highest BCUT2D eigenvalue weighted by Gasteiger charge is 2.40. The summed E-state index contributed by atoms with van der Waals surface area (Å²) in [5.74, 6) is 0.0200. The molecule has 0 unspecified atom stereocenters. The van der Waals surface area contributed by atoms with Crippen molar-refractivity contribution in [1.82, 2.24) is 14.4 Å². The Bertz CT molecular complexity index is 1090. The van der Waals surface area contributed by atoms with Crippen molar-refractivity contribution in [2.75, 3.05) is 12.4 Å². The van der Waals surface area contributed by atoms with Gasteiger partial charge in [-0.1, -0.05) is 0 Å². The second kappa shape index (κ2) is 6.11. The first-order chi connectivity index (χ1) is 12.9. The summed E-state index contributed by atoms with van der Waals surface area (Å²) in [7, 11) is 1.46. The fraction of sp³-hybridized carbons (Fsp3) is 0.167. The van der Waals surface area contributed by atoms with E-state index in [1.807, 2.05) is 0 Å². The summed E-state index contributed by atoms with van der Waals surface area (Å²) in [4.78, 5) is 20.3. The number of fused-ring (bicyclic) bond motifs is 3. The lowest BCUT2D eigenvalue weighted by molar-refractivity contribution is -0.114. The topological polar surface area (TPSA) is 68.5 Å². The molecule has 0 amide bonds. The summed E-state index contributed by atoms with van der Waals surface area (Å²) in [5.41, 5.74) is 0.234. The Morgan fingerprint density at radius 3 is 2.81 bits per heavy atom. The number of ether oxygens (including phenoxy) is 1. The number of pyridine rings is 1. The number of anilines is 2. The van der Waals surface area contributed by atoms with E-state index in [4.69, 9.17) is 4.74 Å². The van der Waals surface area contributed by atoms with Gasteiger partial charge >= 0.3 is 6.18 Å². The number of halogens is 3. The van der Waals surface area contributed by atoms with E-state index in [9.17, 15) is 18.0 Å². The summed E-state index contributed by atoms with van der Waals surface area (Å²) in [6.45, 7) is 0. The molecular formula is C18H13F3N4O2. The molecule has 1 aliphatic rings. The molecule has 3 aromatic heterocycles. The lowest BCUT2D eigenvalue weighted by Gasteiger charge is -2.16. The number of rotatable bonds is 3. The first-order valence-corrected chi connectivity index (χ1v) is 7.95. The molecule has 0 spiro atoms. The van der Waals surface area contributed by atoms with Crippen molar-refractivity contribution >= 4 is 28.4 Å². The Morgan fingerprint density at radius 1 is 1.26 bits per heavy atom. The van der Waals surface area contributed by atoms with Crippen LogP contribution in [0.4, 0.5) is 24.7 Å². The largest absolute Gasteiger partial charge is 0.480 e.